The van der Waals surface area contributed by atoms with Crippen LogP contribution in [0.5, 0.6) is 0 Å². The second kappa shape index (κ2) is 7.17. The van der Waals surface area contributed by atoms with Crippen molar-refractivity contribution >= 4 is 5.91 Å². The van der Waals surface area contributed by atoms with Crippen LogP contribution in [-0.2, 0) is 25.3 Å². The largest absolute Gasteiger partial charge is 0.339 e. The normalized spacial score (nSPS) is 19.0. The van der Waals surface area contributed by atoms with E-state index in [4.69, 9.17) is 0 Å². The van der Waals surface area contributed by atoms with Gasteiger partial charge in [-0.2, -0.15) is 5.10 Å². The number of amides is 1. The Hall–Kier alpha value is -2.15. The van der Waals surface area contributed by atoms with Crippen molar-refractivity contribution in [2.45, 2.75) is 25.8 Å². The Morgan fingerprint density at radius 3 is 2.75 bits per heavy atom. The molecule has 0 unspecified atom stereocenters. The molecule has 0 spiro atoms. The quantitative estimate of drug-likeness (QED) is 0.820. The molecule has 7 heteroatoms. The maximum Gasteiger partial charge on any atom is 0.223 e. The van der Waals surface area contributed by atoms with Crippen molar-refractivity contribution in [2.75, 3.05) is 26.2 Å². The van der Waals surface area contributed by atoms with Crippen molar-refractivity contribution in [2.24, 2.45) is 14.1 Å². The zero-order valence-corrected chi connectivity index (χ0v) is 14.7. The van der Waals surface area contributed by atoms with E-state index in [1.807, 2.05) is 42.1 Å². The van der Waals surface area contributed by atoms with E-state index in [0.29, 0.717) is 13.0 Å². The number of rotatable bonds is 5. The lowest BCUT2D eigenvalue weighted by atomic mass is 10.1. The van der Waals surface area contributed by atoms with Crippen LogP contribution < -0.4 is 0 Å². The molecule has 3 heterocycles. The van der Waals surface area contributed by atoms with Gasteiger partial charge in [-0.1, -0.05) is 6.92 Å². The van der Waals surface area contributed by atoms with E-state index < -0.39 is 0 Å². The van der Waals surface area contributed by atoms with E-state index in [1.165, 1.54) is 0 Å². The predicted octanol–water partition coefficient (Wildman–Crippen LogP) is 0.992. The summed E-state index contributed by atoms with van der Waals surface area (Å²) in [5.74, 6) is 1.24. The van der Waals surface area contributed by atoms with Gasteiger partial charge in [0.05, 0.1) is 6.04 Å². The Kier molecular flexibility index (Phi) is 4.99. The molecule has 24 heavy (non-hydrogen) atoms. The Labute approximate surface area is 142 Å². The summed E-state index contributed by atoms with van der Waals surface area (Å²) >= 11 is 0. The van der Waals surface area contributed by atoms with Crippen LogP contribution in [0.3, 0.4) is 0 Å². The third-order valence-electron chi connectivity index (χ3n) is 4.92. The van der Waals surface area contributed by atoms with Crippen molar-refractivity contribution in [1.82, 2.24) is 29.1 Å². The maximum atomic E-state index is 12.7. The molecule has 7 nitrogen and oxygen atoms in total. The second-order valence-corrected chi connectivity index (χ2v) is 6.33. The van der Waals surface area contributed by atoms with Crippen molar-refractivity contribution in [3.63, 3.8) is 0 Å². The summed E-state index contributed by atoms with van der Waals surface area (Å²) in [5, 5.41) is 4.16. The monoisotopic (exact) mass is 330 g/mol. The highest BCUT2D eigenvalue weighted by molar-refractivity contribution is 5.76. The topological polar surface area (TPSA) is 59.2 Å². The molecule has 130 valence electrons. The van der Waals surface area contributed by atoms with Gasteiger partial charge >= 0.3 is 0 Å². The molecule has 0 N–H and O–H groups in total. The number of piperazine rings is 1. The van der Waals surface area contributed by atoms with Gasteiger partial charge in [-0.15, -0.1) is 0 Å². The number of likely N-dealkylation sites (N-methyl/N-ethyl adjacent to an activating group) is 1. The fourth-order valence-electron chi connectivity index (χ4n) is 3.41. The van der Waals surface area contributed by atoms with E-state index in [1.54, 1.807) is 6.20 Å². The van der Waals surface area contributed by atoms with E-state index in [0.717, 1.165) is 37.6 Å². The number of carbonyl (C=O) groups is 1. The molecule has 1 fully saturated rings. The smallest absolute Gasteiger partial charge is 0.223 e. The SMILES string of the molecule is CCN1CCN(C(=O)CCc2ccnn2C)C[C@@H]1c1nccn1C. The number of aromatic nitrogens is 4. The van der Waals surface area contributed by atoms with Crippen LogP contribution >= 0.6 is 0 Å². The van der Waals surface area contributed by atoms with E-state index in [-0.39, 0.29) is 11.9 Å². The summed E-state index contributed by atoms with van der Waals surface area (Å²) in [5.41, 5.74) is 1.09. The zero-order chi connectivity index (χ0) is 17.1. The number of hydrogen-bond acceptors (Lipinski definition) is 4. The lowest BCUT2D eigenvalue weighted by Gasteiger charge is -2.40. The van der Waals surface area contributed by atoms with Gasteiger partial charge in [0.2, 0.25) is 5.91 Å². The third-order valence-corrected chi connectivity index (χ3v) is 4.92. The van der Waals surface area contributed by atoms with E-state index in [9.17, 15) is 4.79 Å². The Balaban J connectivity index is 1.65. The van der Waals surface area contributed by atoms with Gasteiger partial charge in [0.1, 0.15) is 5.82 Å². The lowest BCUT2D eigenvalue weighted by molar-refractivity contribution is -0.134. The first kappa shape index (κ1) is 16.7. The van der Waals surface area contributed by atoms with Gasteiger partial charge < -0.3 is 9.47 Å². The number of imidazole rings is 1. The minimum atomic E-state index is 0.171. The van der Waals surface area contributed by atoms with Gasteiger partial charge in [-0.05, 0) is 19.0 Å². The summed E-state index contributed by atoms with van der Waals surface area (Å²) < 4.78 is 3.88. The second-order valence-electron chi connectivity index (χ2n) is 6.33. The van der Waals surface area contributed by atoms with Crippen molar-refractivity contribution in [3.05, 3.63) is 36.2 Å². The number of hydrogen-bond donors (Lipinski definition) is 0. The highest BCUT2D eigenvalue weighted by Crippen LogP contribution is 2.24. The van der Waals surface area contributed by atoms with Crippen LogP contribution in [0, 0.1) is 0 Å². The average molecular weight is 330 g/mol. The first-order valence-electron chi connectivity index (χ1n) is 8.56. The molecule has 1 amide bonds. The molecule has 0 radical (unpaired) electrons. The van der Waals surface area contributed by atoms with Crippen LogP contribution in [0.4, 0.5) is 0 Å². The van der Waals surface area contributed by atoms with Crippen molar-refractivity contribution in [1.29, 1.82) is 0 Å². The zero-order valence-electron chi connectivity index (χ0n) is 14.7. The van der Waals surface area contributed by atoms with Gasteiger partial charge in [0.25, 0.3) is 0 Å². The average Bonchev–Trinajstić information content (AvgIpc) is 3.20. The highest BCUT2D eigenvalue weighted by Gasteiger charge is 2.31. The maximum absolute atomic E-state index is 12.7. The first-order valence-corrected chi connectivity index (χ1v) is 8.56. The minimum absolute atomic E-state index is 0.171. The van der Waals surface area contributed by atoms with Crippen molar-refractivity contribution < 1.29 is 4.79 Å². The molecule has 1 atom stereocenters. The first-order chi connectivity index (χ1) is 11.6. The van der Waals surface area contributed by atoms with Crippen LogP contribution in [0.1, 0.15) is 30.9 Å². The number of nitrogens with zero attached hydrogens (tertiary/aromatic N) is 6. The number of carbonyl (C=O) groups excluding carboxylic acids is 1. The molecule has 2 aromatic rings. The summed E-state index contributed by atoms with van der Waals surface area (Å²) in [6.45, 7) is 5.53. The molecule has 1 aliphatic rings. The molecule has 3 rings (SSSR count). The van der Waals surface area contributed by atoms with Crippen molar-refractivity contribution in [3.8, 4) is 0 Å². The Morgan fingerprint density at radius 2 is 2.12 bits per heavy atom. The molecule has 0 saturated carbocycles. The third kappa shape index (κ3) is 3.36. The Bertz CT molecular complexity index is 691. The molecule has 2 aromatic heterocycles. The summed E-state index contributed by atoms with van der Waals surface area (Å²) in [7, 11) is 3.93. The molecule has 1 saturated heterocycles. The van der Waals surface area contributed by atoms with E-state index >= 15 is 0 Å². The predicted molar refractivity (Wildman–Crippen MR) is 91.3 cm³/mol. The van der Waals surface area contributed by atoms with Crippen LogP contribution in [0.25, 0.3) is 0 Å². The van der Waals surface area contributed by atoms with Gasteiger partial charge in [0.15, 0.2) is 0 Å². The number of aryl methyl sites for hydroxylation is 3. The van der Waals surface area contributed by atoms with Gasteiger partial charge in [-0.3, -0.25) is 14.4 Å². The fourth-order valence-corrected chi connectivity index (χ4v) is 3.41. The molecule has 0 aromatic carbocycles. The summed E-state index contributed by atoms with van der Waals surface area (Å²) in [6.07, 6.45) is 6.82. The molecule has 0 aliphatic carbocycles. The lowest BCUT2D eigenvalue weighted by Crippen LogP contribution is -2.51. The van der Waals surface area contributed by atoms with Gasteiger partial charge in [-0.25, -0.2) is 4.98 Å². The van der Waals surface area contributed by atoms with E-state index in [2.05, 4.69) is 26.5 Å². The van der Waals surface area contributed by atoms with Crippen LogP contribution in [0.2, 0.25) is 0 Å². The molecule has 1 aliphatic heterocycles. The summed E-state index contributed by atoms with van der Waals surface area (Å²) in [6, 6.07) is 2.14. The molecular weight excluding hydrogens is 304 g/mol. The summed E-state index contributed by atoms with van der Waals surface area (Å²) in [4.78, 5) is 21.5. The molecule has 0 bridgehead atoms. The van der Waals surface area contributed by atoms with Crippen LogP contribution in [-0.4, -0.2) is 61.2 Å². The fraction of sp³-hybridized carbons (Fsp3) is 0.588. The van der Waals surface area contributed by atoms with Gasteiger partial charge in [0, 0.05) is 64.4 Å². The standard InChI is InChI=1S/C17H26N6O/c1-4-22-11-12-23(13-15(22)17-18-9-10-20(17)2)16(24)6-5-14-7-8-19-21(14)3/h7-10,15H,4-6,11-13H2,1-3H3/t15-/m1/s1. The Morgan fingerprint density at radius 1 is 1.29 bits per heavy atom. The minimum Gasteiger partial charge on any atom is -0.339 e. The molecular formula is C17H26N6O. The van der Waals surface area contributed by atoms with Crippen LogP contribution in [0.15, 0.2) is 24.7 Å². The highest BCUT2D eigenvalue weighted by atomic mass is 16.2.